The van der Waals surface area contributed by atoms with E-state index in [-0.39, 0.29) is 11.8 Å². The van der Waals surface area contributed by atoms with E-state index >= 15 is 0 Å². The van der Waals surface area contributed by atoms with Crippen LogP contribution in [-0.4, -0.2) is 31.0 Å². The maximum atomic E-state index is 11.6. The zero-order chi connectivity index (χ0) is 14.1. The first-order valence-corrected chi connectivity index (χ1v) is 7.90. The average molecular weight is 310 g/mol. The summed E-state index contributed by atoms with van der Waals surface area (Å²) in [6.45, 7) is 1.74. The Labute approximate surface area is 126 Å². The molecule has 3 rings (SSSR count). The summed E-state index contributed by atoms with van der Waals surface area (Å²) in [5.74, 6) is 0.284. The van der Waals surface area contributed by atoms with Gasteiger partial charge in [0.15, 0.2) is 5.13 Å². The number of rotatable bonds is 2. The Balaban J connectivity index is 1.77. The van der Waals surface area contributed by atoms with Gasteiger partial charge in [-0.05, 0) is 25.0 Å². The molecule has 1 aliphatic rings. The minimum atomic E-state index is 0.134. The van der Waals surface area contributed by atoms with Crippen LogP contribution >= 0.6 is 22.9 Å². The molecule has 1 N–H and O–H groups in total. The summed E-state index contributed by atoms with van der Waals surface area (Å²) < 4.78 is 1.11. The third-order valence-corrected chi connectivity index (χ3v) is 5.13. The van der Waals surface area contributed by atoms with Crippen LogP contribution in [-0.2, 0) is 4.79 Å². The molecule has 0 unspecified atom stereocenters. The SMILES string of the molecule is CNC(=O)C1CCN(c2nc3c(Cl)cccc3s2)CC1. The molecule has 1 saturated heterocycles. The Kier molecular flexibility index (Phi) is 3.81. The van der Waals surface area contributed by atoms with Gasteiger partial charge in [0.2, 0.25) is 5.91 Å². The highest BCUT2D eigenvalue weighted by atomic mass is 35.5. The highest BCUT2D eigenvalue weighted by Gasteiger charge is 2.25. The molecule has 106 valence electrons. The van der Waals surface area contributed by atoms with Gasteiger partial charge in [-0.2, -0.15) is 0 Å². The van der Waals surface area contributed by atoms with Gasteiger partial charge in [0.25, 0.3) is 0 Å². The van der Waals surface area contributed by atoms with Crippen molar-refractivity contribution in [3.05, 3.63) is 23.2 Å². The maximum Gasteiger partial charge on any atom is 0.222 e. The van der Waals surface area contributed by atoms with Crippen molar-refractivity contribution in [3.63, 3.8) is 0 Å². The van der Waals surface area contributed by atoms with Crippen molar-refractivity contribution in [2.24, 2.45) is 5.92 Å². The van der Waals surface area contributed by atoms with E-state index in [9.17, 15) is 4.79 Å². The number of piperidine rings is 1. The van der Waals surface area contributed by atoms with Crippen molar-refractivity contribution in [3.8, 4) is 0 Å². The first-order valence-electron chi connectivity index (χ1n) is 6.70. The van der Waals surface area contributed by atoms with Gasteiger partial charge in [-0.25, -0.2) is 4.98 Å². The van der Waals surface area contributed by atoms with E-state index in [0.29, 0.717) is 5.02 Å². The molecule has 0 radical (unpaired) electrons. The van der Waals surface area contributed by atoms with Crippen LogP contribution in [0.1, 0.15) is 12.8 Å². The number of benzene rings is 1. The van der Waals surface area contributed by atoms with E-state index in [0.717, 1.165) is 41.3 Å². The number of anilines is 1. The van der Waals surface area contributed by atoms with Crippen molar-refractivity contribution >= 4 is 44.2 Å². The number of hydrogen-bond acceptors (Lipinski definition) is 4. The standard InChI is InChI=1S/C14H16ClN3OS/c1-16-13(19)9-5-7-18(8-6-9)14-17-12-10(15)3-2-4-11(12)20-14/h2-4,9H,5-8H2,1H3,(H,16,19). The smallest absolute Gasteiger partial charge is 0.222 e. The fraction of sp³-hybridized carbons (Fsp3) is 0.429. The number of nitrogens with zero attached hydrogens (tertiary/aromatic N) is 2. The van der Waals surface area contributed by atoms with E-state index in [2.05, 4.69) is 15.2 Å². The van der Waals surface area contributed by atoms with Crippen molar-refractivity contribution < 1.29 is 4.79 Å². The van der Waals surface area contributed by atoms with Gasteiger partial charge in [0.1, 0.15) is 5.52 Å². The fourth-order valence-corrected chi connectivity index (χ4v) is 3.89. The summed E-state index contributed by atoms with van der Waals surface area (Å²) in [6, 6.07) is 5.86. The topological polar surface area (TPSA) is 45.2 Å². The number of thiazole rings is 1. The molecule has 0 atom stereocenters. The van der Waals surface area contributed by atoms with Crippen molar-refractivity contribution in [2.45, 2.75) is 12.8 Å². The average Bonchev–Trinajstić information content (AvgIpc) is 2.92. The summed E-state index contributed by atoms with van der Waals surface area (Å²) >= 11 is 7.83. The second-order valence-corrected chi connectivity index (χ2v) is 6.37. The second kappa shape index (κ2) is 5.58. The number of para-hydroxylation sites is 1. The molecule has 0 saturated carbocycles. The molecule has 4 nitrogen and oxygen atoms in total. The van der Waals surface area contributed by atoms with Gasteiger partial charge in [-0.1, -0.05) is 29.0 Å². The van der Waals surface area contributed by atoms with E-state index in [1.54, 1.807) is 18.4 Å². The molecular formula is C14H16ClN3OS. The van der Waals surface area contributed by atoms with Crippen LogP contribution in [0.25, 0.3) is 10.2 Å². The van der Waals surface area contributed by atoms with E-state index in [1.165, 1.54) is 0 Å². The Morgan fingerprint density at radius 3 is 2.85 bits per heavy atom. The Bertz CT molecular complexity index is 634. The lowest BCUT2D eigenvalue weighted by molar-refractivity contribution is -0.125. The van der Waals surface area contributed by atoms with Crippen LogP contribution in [0.5, 0.6) is 0 Å². The number of hydrogen-bond donors (Lipinski definition) is 1. The highest BCUT2D eigenvalue weighted by Crippen LogP contribution is 2.34. The molecule has 1 aliphatic heterocycles. The van der Waals surface area contributed by atoms with Gasteiger partial charge < -0.3 is 10.2 Å². The minimum absolute atomic E-state index is 0.134. The fourth-order valence-electron chi connectivity index (χ4n) is 2.58. The Hall–Kier alpha value is -1.33. The van der Waals surface area contributed by atoms with Gasteiger partial charge >= 0.3 is 0 Å². The molecule has 20 heavy (non-hydrogen) atoms. The summed E-state index contributed by atoms with van der Waals surface area (Å²) in [7, 11) is 1.70. The zero-order valence-electron chi connectivity index (χ0n) is 11.2. The third-order valence-electron chi connectivity index (χ3n) is 3.74. The molecule has 0 bridgehead atoms. The number of nitrogens with one attached hydrogen (secondary N) is 1. The number of aromatic nitrogens is 1. The minimum Gasteiger partial charge on any atom is -0.359 e. The Morgan fingerprint density at radius 2 is 2.20 bits per heavy atom. The number of halogens is 1. The van der Waals surface area contributed by atoms with Crippen LogP contribution in [0.2, 0.25) is 5.02 Å². The number of carbonyl (C=O) groups is 1. The third kappa shape index (κ3) is 2.47. The summed E-state index contributed by atoms with van der Waals surface area (Å²) in [4.78, 5) is 18.5. The molecule has 6 heteroatoms. The van der Waals surface area contributed by atoms with Crippen molar-refractivity contribution in [1.82, 2.24) is 10.3 Å². The van der Waals surface area contributed by atoms with Crippen LogP contribution in [0.15, 0.2) is 18.2 Å². The molecule has 1 aromatic carbocycles. The van der Waals surface area contributed by atoms with Crippen LogP contribution in [0.4, 0.5) is 5.13 Å². The zero-order valence-corrected chi connectivity index (χ0v) is 12.8. The molecule has 2 heterocycles. The molecule has 1 amide bonds. The highest BCUT2D eigenvalue weighted by molar-refractivity contribution is 7.22. The number of amides is 1. The van der Waals surface area contributed by atoms with Gasteiger partial charge in [-0.3, -0.25) is 4.79 Å². The monoisotopic (exact) mass is 309 g/mol. The van der Waals surface area contributed by atoms with Gasteiger partial charge in [0, 0.05) is 26.1 Å². The Morgan fingerprint density at radius 1 is 1.45 bits per heavy atom. The number of fused-ring (bicyclic) bond motifs is 1. The largest absolute Gasteiger partial charge is 0.359 e. The second-order valence-electron chi connectivity index (χ2n) is 4.96. The van der Waals surface area contributed by atoms with Gasteiger partial charge in [0.05, 0.1) is 9.72 Å². The molecule has 0 spiro atoms. The van der Waals surface area contributed by atoms with Crippen LogP contribution in [0, 0.1) is 5.92 Å². The predicted octanol–water partition coefficient (Wildman–Crippen LogP) is 2.91. The molecule has 1 fully saturated rings. The summed E-state index contributed by atoms with van der Waals surface area (Å²) in [6.07, 6.45) is 1.76. The maximum absolute atomic E-state index is 11.6. The molecule has 0 aliphatic carbocycles. The first-order chi connectivity index (χ1) is 9.69. The van der Waals surface area contributed by atoms with Crippen LogP contribution in [0.3, 0.4) is 0 Å². The molecule has 2 aromatic rings. The lowest BCUT2D eigenvalue weighted by atomic mass is 9.96. The normalized spacial score (nSPS) is 16.6. The van der Waals surface area contributed by atoms with Crippen molar-refractivity contribution in [1.29, 1.82) is 0 Å². The quantitative estimate of drug-likeness (QED) is 0.928. The lowest BCUT2D eigenvalue weighted by Crippen LogP contribution is -2.39. The van der Waals surface area contributed by atoms with Gasteiger partial charge in [-0.15, -0.1) is 0 Å². The number of carbonyl (C=O) groups excluding carboxylic acids is 1. The predicted molar refractivity (Wildman–Crippen MR) is 83.6 cm³/mol. The van der Waals surface area contributed by atoms with E-state index in [4.69, 9.17) is 11.6 Å². The first kappa shape index (κ1) is 13.6. The van der Waals surface area contributed by atoms with Crippen molar-refractivity contribution in [2.75, 3.05) is 25.0 Å². The molecular weight excluding hydrogens is 294 g/mol. The van der Waals surface area contributed by atoms with Crippen LogP contribution < -0.4 is 10.2 Å². The summed E-state index contributed by atoms with van der Waals surface area (Å²) in [5, 5.41) is 4.43. The van der Waals surface area contributed by atoms with E-state index < -0.39 is 0 Å². The lowest BCUT2D eigenvalue weighted by Gasteiger charge is -2.30. The van der Waals surface area contributed by atoms with E-state index in [1.807, 2.05) is 18.2 Å². The summed E-state index contributed by atoms with van der Waals surface area (Å²) in [5.41, 5.74) is 0.877. The molecule has 1 aromatic heterocycles.